The third-order valence-electron chi connectivity index (χ3n) is 2.26. The zero-order chi connectivity index (χ0) is 13.9. The van der Waals surface area contributed by atoms with E-state index in [1.165, 1.54) is 6.92 Å². The van der Waals surface area contributed by atoms with Crippen LogP contribution >= 0.6 is 0 Å². The molecule has 8 nitrogen and oxygen atoms in total. The Balaban J connectivity index is 3.43. The number of nitrogens with zero attached hydrogens (tertiary/aromatic N) is 2. The molecule has 1 aromatic rings. The van der Waals surface area contributed by atoms with Gasteiger partial charge in [-0.15, -0.1) is 0 Å². The second kappa shape index (κ2) is 5.21. The van der Waals surface area contributed by atoms with Crippen molar-refractivity contribution >= 4 is 17.3 Å². The predicted molar refractivity (Wildman–Crippen MR) is 60.4 cm³/mol. The molecule has 0 unspecified atom stereocenters. The van der Waals surface area contributed by atoms with Gasteiger partial charge in [0.1, 0.15) is 5.56 Å². The lowest BCUT2D eigenvalue weighted by Crippen LogP contribution is -2.07. The number of nitro groups is 2. The summed E-state index contributed by atoms with van der Waals surface area (Å²) in [7, 11) is 0. The van der Waals surface area contributed by atoms with E-state index in [0.29, 0.717) is 0 Å². The molecule has 96 valence electrons. The molecule has 18 heavy (non-hydrogen) atoms. The molecule has 0 radical (unpaired) electrons. The molecule has 0 aliphatic rings. The minimum atomic E-state index is -0.830. The average molecular weight is 254 g/mol. The van der Waals surface area contributed by atoms with Gasteiger partial charge in [0.25, 0.3) is 11.4 Å². The maximum absolute atomic E-state index is 11.4. The fraction of sp³-hybridized carbons (Fsp3) is 0.300. The largest absolute Gasteiger partial charge is 0.462 e. The predicted octanol–water partition coefficient (Wildman–Crippen LogP) is 1.99. The van der Waals surface area contributed by atoms with Gasteiger partial charge in [-0.2, -0.15) is 0 Å². The summed E-state index contributed by atoms with van der Waals surface area (Å²) in [5.41, 5.74) is -1.27. The minimum absolute atomic E-state index is 0.0777. The van der Waals surface area contributed by atoms with Gasteiger partial charge in [0.15, 0.2) is 0 Å². The number of hydrogen-bond donors (Lipinski definition) is 0. The summed E-state index contributed by atoms with van der Waals surface area (Å²) < 4.78 is 4.65. The quantitative estimate of drug-likeness (QED) is 0.461. The summed E-state index contributed by atoms with van der Waals surface area (Å²) in [5.74, 6) is -0.830. The van der Waals surface area contributed by atoms with E-state index in [9.17, 15) is 25.0 Å². The minimum Gasteiger partial charge on any atom is -0.462 e. The molecule has 1 aromatic carbocycles. The Morgan fingerprint density at radius 3 is 2.00 bits per heavy atom. The fourth-order valence-electron chi connectivity index (χ4n) is 1.40. The van der Waals surface area contributed by atoms with Crippen LogP contribution in [0.3, 0.4) is 0 Å². The van der Waals surface area contributed by atoms with E-state index in [4.69, 9.17) is 0 Å². The van der Waals surface area contributed by atoms with E-state index in [2.05, 4.69) is 4.74 Å². The van der Waals surface area contributed by atoms with Crippen LogP contribution in [0.25, 0.3) is 0 Å². The van der Waals surface area contributed by atoms with Gasteiger partial charge in [-0.25, -0.2) is 4.79 Å². The van der Waals surface area contributed by atoms with Crippen LogP contribution in [0, 0.1) is 27.2 Å². The van der Waals surface area contributed by atoms with Gasteiger partial charge < -0.3 is 4.74 Å². The van der Waals surface area contributed by atoms with E-state index in [1.807, 2.05) is 0 Å². The van der Waals surface area contributed by atoms with Crippen molar-refractivity contribution in [3.8, 4) is 0 Å². The van der Waals surface area contributed by atoms with Crippen molar-refractivity contribution in [1.82, 2.24) is 0 Å². The third-order valence-corrected chi connectivity index (χ3v) is 2.26. The Bertz CT molecular complexity index is 490. The van der Waals surface area contributed by atoms with Gasteiger partial charge in [0, 0.05) is 12.1 Å². The molecule has 0 atom stereocenters. The molecular weight excluding hydrogens is 244 g/mol. The van der Waals surface area contributed by atoms with Crippen LogP contribution in [0.1, 0.15) is 22.8 Å². The molecule has 0 N–H and O–H groups in total. The van der Waals surface area contributed by atoms with E-state index >= 15 is 0 Å². The van der Waals surface area contributed by atoms with Gasteiger partial charge >= 0.3 is 5.97 Å². The normalized spacial score (nSPS) is 9.89. The summed E-state index contributed by atoms with van der Waals surface area (Å²) in [6, 6.07) is 1.95. The first-order valence-corrected chi connectivity index (χ1v) is 4.99. The molecule has 0 saturated carbocycles. The summed E-state index contributed by atoms with van der Waals surface area (Å²) >= 11 is 0. The topological polar surface area (TPSA) is 113 Å². The molecule has 0 amide bonds. The Hall–Kier alpha value is -2.51. The number of rotatable bonds is 4. The lowest BCUT2D eigenvalue weighted by molar-refractivity contribution is -0.395. The molecule has 0 aromatic heterocycles. The number of carbonyl (C=O) groups excluding carboxylic acids is 1. The standard InChI is InChI=1S/C10H10N2O6/c1-3-18-10(13)7-4-8(11(14)15)6(2)9(5-7)12(16)17/h4-5H,3H2,1-2H3. The fourth-order valence-corrected chi connectivity index (χ4v) is 1.40. The maximum atomic E-state index is 11.4. The van der Waals surface area contributed by atoms with Gasteiger partial charge in [-0.3, -0.25) is 20.2 Å². The van der Waals surface area contributed by atoms with Crippen LogP contribution in [-0.2, 0) is 4.74 Å². The van der Waals surface area contributed by atoms with Crippen molar-refractivity contribution in [3.63, 3.8) is 0 Å². The summed E-state index contributed by atoms with van der Waals surface area (Å²) in [6.07, 6.45) is 0. The highest BCUT2D eigenvalue weighted by Crippen LogP contribution is 2.29. The molecule has 0 bridgehead atoms. The molecule has 0 fully saturated rings. The van der Waals surface area contributed by atoms with Crippen LogP contribution < -0.4 is 0 Å². The average Bonchev–Trinajstić information content (AvgIpc) is 2.28. The summed E-state index contributed by atoms with van der Waals surface area (Å²) in [5, 5.41) is 21.5. The second-order valence-corrected chi connectivity index (χ2v) is 3.37. The van der Waals surface area contributed by atoms with Crippen LogP contribution in [0.15, 0.2) is 12.1 Å². The monoisotopic (exact) mass is 254 g/mol. The van der Waals surface area contributed by atoms with E-state index in [0.717, 1.165) is 12.1 Å². The van der Waals surface area contributed by atoms with Gasteiger partial charge in [0.2, 0.25) is 0 Å². The number of benzene rings is 1. The van der Waals surface area contributed by atoms with Crippen LogP contribution in [0.5, 0.6) is 0 Å². The van der Waals surface area contributed by atoms with E-state index in [-0.39, 0.29) is 17.7 Å². The van der Waals surface area contributed by atoms with Gasteiger partial charge in [-0.1, -0.05) is 0 Å². The zero-order valence-electron chi connectivity index (χ0n) is 9.71. The van der Waals surface area contributed by atoms with E-state index in [1.54, 1.807) is 6.92 Å². The first-order chi connectivity index (χ1) is 8.38. The SMILES string of the molecule is CCOC(=O)c1cc([N+](=O)[O-])c(C)c([N+](=O)[O-])c1. The Morgan fingerprint density at radius 2 is 1.67 bits per heavy atom. The van der Waals surface area contributed by atoms with Gasteiger partial charge in [-0.05, 0) is 13.8 Å². The van der Waals surface area contributed by atoms with Crippen molar-refractivity contribution in [2.45, 2.75) is 13.8 Å². The van der Waals surface area contributed by atoms with Crippen LogP contribution in [-0.4, -0.2) is 22.4 Å². The molecule has 0 heterocycles. The Labute approximate surface area is 101 Å². The molecular formula is C10H10N2O6. The van der Waals surface area contributed by atoms with Crippen LogP contribution in [0.4, 0.5) is 11.4 Å². The number of esters is 1. The van der Waals surface area contributed by atoms with Crippen molar-refractivity contribution < 1.29 is 19.4 Å². The Morgan fingerprint density at radius 1 is 1.22 bits per heavy atom. The number of carbonyl (C=O) groups is 1. The van der Waals surface area contributed by atoms with Crippen molar-refractivity contribution in [3.05, 3.63) is 43.5 Å². The molecule has 0 aliphatic carbocycles. The summed E-state index contributed by atoms with van der Waals surface area (Å²) in [6.45, 7) is 2.90. The number of nitro benzene ring substituents is 2. The van der Waals surface area contributed by atoms with Crippen LogP contribution in [0.2, 0.25) is 0 Å². The van der Waals surface area contributed by atoms with Crippen molar-refractivity contribution in [2.75, 3.05) is 6.61 Å². The first kappa shape index (κ1) is 13.6. The lowest BCUT2D eigenvalue weighted by atomic mass is 10.1. The van der Waals surface area contributed by atoms with Crippen molar-refractivity contribution in [1.29, 1.82) is 0 Å². The molecule has 0 saturated heterocycles. The maximum Gasteiger partial charge on any atom is 0.338 e. The smallest absolute Gasteiger partial charge is 0.338 e. The number of hydrogen-bond acceptors (Lipinski definition) is 6. The van der Waals surface area contributed by atoms with Crippen molar-refractivity contribution in [2.24, 2.45) is 0 Å². The molecule has 8 heteroatoms. The molecule has 1 rings (SSSR count). The first-order valence-electron chi connectivity index (χ1n) is 4.99. The third kappa shape index (κ3) is 2.59. The van der Waals surface area contributed by atoms with E-state index < -0.39 is 27.2 Å². The number of ether oxygens (including phenoxy) is 1. The molecule has 0 aliphatic heterocycles. The highest BCUT2D eigenvalue weighted by Gasteiger charge is 2.25. The lowest BCUT2D eigenvalue weighted by Gasteiger charge is -2.04. The van der Waals surface area contributed by atoms with Gasteiger partial charge in [0.05, 0.1) is 22.0 Å². The zero-order valence-corrected chi connectivity index (χ0v) is 9.71. The highest BCUT2D eigenvalue weighted by molar-refractivity contribution is 5.91. The summed E-state index contributed by atoms with van der Waals surface area (Å²) in [4.78, 5) is 31.4. The highest BCUT2D eigenvalue weighted by atomic mass is 16.6. The second-order valence-electron chi connectivity index (χ2n) is 3.37. The molecule has 0 spiro atoms. The Kier molecular flexibility index (Phi) is 3.93.